The van der Waals surface area contributed by atoms with Crippen molar-refractivity contribution >= 4 is 5.95 Å². The van der Waals surface area contributed by atoms with Crippen molar-refractivity contribution in [3.8, 4) is 0 Å². The molecule has 0 bridgehead atoms. The molecule has 2 rings (SSSR count). The number of piperazine rings is 1. The molecule has 1 aromatic heterocycles. The van der Waals surface area contributed by atoms with E-state index in [1.165, 1.54) is 6.42 Å². The summed E-state index contributed by atoms with van der Waals surface area (Å²) < 4.78 is 0. The van der Waals surface area contributed by atoms with Gasteiger partial charge in [-0.15, -0.1) is 0 Å². The first-order chi connectivity index (χ1) is 9.24. The Morgan fingerprint density at radius 3 is 2.63 bits per heavy atom. The fraction of sp³-hybridized carbons (Fsp3) is 0.714. The number of aryl methyl sites for hydroxylation is 1. The van der Waals surface area contributed by atoms with E-state index in [-0.39, 0.29) is 0 Å². The van der Waals surface area contributed by atoms with Crippen LogP contribution in [0.3, 0.4) is 0 Å². The number of nitrogens with two attached hydrogens (primary N) is 1. The van der Waals surface area contributed by atoms with Crippen molar-refractivity contribution in [1.29, 1.82) is 0 Å². The zero-order valence-electron chi connectivity index (χ0n) is 12.0. The second kappa shape index (κ2) is 6.82. The summed E-state index contributed by atoms with van der Waals surface area (Å²) in [7, 11) is 0. The summed E-state index contributed by atoms with van der Waals surface area (Å²) in [6, 6.07) is 2.57. The summed E-state index contributed by atoms with van der Waals surface area (Å²) in [4.78, 5) is 13.7. The summed E-state index contributed by atoms with van der Waals surface area (Å²) in [5, 5.41) is 0. The monoisotopic (exact) mass is 263 g/mol. The minimum Gasteiger partial charge on any atom is -0.338 e. The lowest BCUT2D eigenvalue weighted by molar-refractivity contribution is 0.172. The van der Waals surface area contributed by atoms with Crippen LogP contribution in [-0.2, 0) is 0 Å². The highest BCUT2D eigenvalue weighted by Gasteiger charge is 2.23. The van der Waals surface area contributed by atoms with Gasteiger partial charge in [0.2, 0.25) is 5.95 Å². The lowest BCUT2D eigenvalue weighted by atomic mass is 10.1. The van der Waals surface area contributed by atoms with Crippen molar-refractivity contribution in [2.75, 3.05) is 37.6 Å². The van der Waals surface area contributed by atoms with Crippen LogP contribution in [0, 0.1) is 6.92 Å². The van der Waals surface area contributed by atoms with Crippen LogP contribution >= 0.6 is 0 Å². The molecule has 19 heavy (non-hydrogen) atoms. The van der Waals surface area contributed by atoms with Gasteiger partial charge in [0, 0.05) is 44.1 Å². The van der Waals surface area contributed by atoms with Crippen LogP contribution in [0.5, 0.6) is 0 Å². The van der Waals surface area contributed by atoms with E-state index in [9.17, 15) is 0 Å². The highest BCUT2D eigenvalue weighted by Crippen LogP contribution is 2.15. The second-order valence-electron chi connectivity index (χ2n) is 5.16. The molecule has 1 atom stereocenters. The van der Waals surface area contributed by atoms with Crippen LogP contribution < -0.4 is 10.6 Å². The molecule has 0 spiro atoms. The molecule has 0 amide bonds. The third-order valence-corrected chi connectivity index (χ3v) is 3.87. The van der Waals surface area contributed by atoms with Crippen LogP contribution in [-0.4, -0.2) is 53.6 Å². The molecule has 5 nitrogen and oxygen atoms in total. The Morgan fingerprint density at radius 1 is 1.32 bits per heavy atom. The van der Waals surface area contributed by atoms with Crippen molar-refractivity contribution in [3.05, 3.63) is 18.0 Å². The molecule has 2 heterocycles. The molecule has 0 aliphatic carbocycles. The van der Waals surface area contributed by atoms with Crippen LogP contribution in [0.15, 0.2) is 12.3 Å². The quantitative estimate of drug-likeness (QED) is 0.860. The summed E-state index contributed by atoms with van der Waals surface area (Å²) in [6.07, 6.45) is 4.11. The minimum absolute atomic E-state index is 0.630. The van der Waals surface area contributed by atoms with E-state index >= 15 is 0 Å². The molecule has 2 N–H and O–H groups in total. The van der Waals surface area contributed by atoms with Crippen LogP contribution in [0.4, 0.5) is 5.95 Å². The molecule has 5 heteroatoms. The van der Waals surface area contributed by atoms with Crippen molar-refractivity contribution in [1.82, 2.24) is 14.9 Å². The molecule has 0 radical (unpaired) electrons. The predicted molar refractivity (Wildman–Crippen MR) is 78.3 cm³/mol. The van der Waals surface area contributed by atoms with Crippen LogP contribution in [0.2, 0.25) is 0 Å². The summed E-state index contributed by atoms with van der Waals surface area (Å²) >= 11 is 0. The van der Waals surface area contributed by atoms with E-state index in [1.54, 1.807) is 0 Å². The van der Waals surface area contributed by atoms with Gasteiger partial charge in [0.1, 0.15) is 0 Å². The fourth-order valence-corrected chi connectivity index (χ4v) is 2.71. The normalized spacial score (nSPS) is 18.6. The van der Waals surface area contributed by atoms with Crippen molar-refractivity contribution < 1.29 is 0 Å². The molecule has 1 saturated heterocycles. The first-order valence-electron chi connectivity index (χ1n) is 7.23. The Morgan fingerprint density at radius 2 is 2.05 bits per heavy atom. The van der Waals surface area contributed by atoms with Gasteiger partial charge in [-0.1, -0.05) is 6.92 Å². The number of nitrogens with zero attached hydrogens (tertiary/aromatic N) is 4. The summed E-state index contributed by atoms with van der Waals surface area (Å²) in [6.45, 7) is 9.20. The Balaban J connectivity index is 1.91. The number of hydrogen-bond donors (Lipinski definition) is 1. The Kier molecular flexibility index (Phi) is 5.10. The van der Waals surface area contributed by atoms with Crippen LogP contribution in [0.1, 0.15) is 25.5 Å². The average Bonchev–Trinajstić information content (AvgIpc) is 2.45. The number of aromatic nitrogens is 2. The Labute approximate surface area is 115 Å². The third-order valence-electron chi connectivity index (χ3n) is 3.87. The lowest BCUT2D eigenvalue weighted by Gasteiger charge is -2.39. The topological polar surface area (TPSA) is 58.3 Å². The van der Waals surface area contributed by atoms with Gasteiger partial charge in [-0.05, 0) is 32.4 Å². The molecule has 106 valence electrons. The Hall–Kier alpha value is -1.20. The van der Waals surface area contributed by atoms with Gasteiger partial charge < -0.3 is 10.6 Å². The number of anilines is 1. The predicted octanol–water partition coefficient (Wildman–Crippen LogP) is 1.03. The van der Waals surface area contributed by atoms with Crippen molar-refractivity contribution in [2.45, 2.75) is 32.7 Å². The zero-order chi connectivity index (χ0) is 13.7. The van der Waals surface area contributed by atoms with Gasteiger partial charge in [-0.2, -0.15) is 0 Å². The van der Waals surface area contributed by atoms with Gasteiger partial charge >= 0.3 is 0 Å². The molecule has 1 fully saturated rings. The largest absolute Gasteiger partial charge is 0.338 e. The van der Waals surface area contributed by atoms with Gasteiger partial charge in [-0.25, -0.2) is 9.97 Å². The van der Waals surface area contributed by atoms with Crippen molar-refractivity contribution in [2.24, 2.45) is 5.73 Å². The number of hydrogen-bond acceptors (Lipinski definition) is 5. The van der Waals surface area contributed by atoms with E-state index in [4.69, 9.17) is 5.73 Å². The second-order valence-corrected chi connectivity index (χ2v) is 5.16. The maximum absolute atomic E-state index is 5.69. The average molecular weight is 263 g/mol. The van der Waals surface area contributed by atoms with Gasteiger partial charge in [0.25, 0.3) is 0 Å². The van der Waals surface area contributed by atoms with E-state index in [2.05, 4.69) is 26.7 Å². The first-order valence-corrected chi connectivity index (χ1v) is 7.23. The Bertz CT molecular complexity index is 387. The molecule has 1 aliphatic rings. The van der Waals surface area contributed by atoms with E-state index in [0.717, 1.165) is 50.8 Å². The van der Waals surface area contributed by atoms with Gasteiger partial charge in [0.15, 0.2) is 0 Å². The minimum atomic E-state index is 0.630. The standard InChI is InChI=1S/C14H25N5/c1-3-13(4-6-15)18-8-10-19(11-9-18)14-16-7-5-12(2)17-14/h5,7,13H,3-4,6,8-11,15H2,1-2H3. The molecule has 1 aliphatic heterocycles. The lowest BCUT2D eigenvalue weighted by Crippen LogP contribution is -2.51. The maximum atomic E-state index is 5.69. The molecular formula is C14H25N5. The third kappa shape index (κ3) is 3.64. The van der Waals surface area contributed by atoms with E-state index < -0.39 is 0 Å². The smallest absolute Gasteiger partial charge is 0.225 e. The fourth-order valence-electron chi connectivity index (χ4n) is 2.71. The first kappa shape index (κ1) is 14.2. The van der Waals surface area contributed by atoms with Gasteiger partial charge in [0.05, 0.1) is 0 Å². The molecule has 0 aromatic carbocycles. The van der Waals surface area contributed by atoms with E-state index in [1.807, 2.05) is 19.2 Å². The van der Waals surface area contributed by atoms with Gasteiger partial charge in [-0.3, -0.25) is 4.90 Å². The van der Waals surface area contributed by atoms with Crippen LogP contribution in [0.25, 0.3) is 0 Å². The maximum Gasteiger partial charge on any atom is 0.225 e. The SMILES string of the molecule is CCC(CCN)N1CCN(c2nccc(C)n2)CC1. The summed E-state index contributed by atoms with van der Waals surface area (Å²) in [5.41, 5.74) is 6.72. The molecular weight excluding hydrogens is 238 g/mol. The highest BCUT2D eigenvalue weighted by atomic mass is 15.3. The summed E-state index contributed by atoms with van der Waals surface area (Å²) in [5.74, 6) is 0.867. The van der Waals surface area contributed by atoms with E-state index in [0.29, 0.717) is 6.04 Å². The molecule has 1 aromatic rings. The highest BCUT2D eigenvalue weighted by molar-refractivity contribution is 5.30. The number of rotatable bonds is 5. The molecule has 0 saturated carbocycles. The zero-order valence-corrected chi connectivity index (χ0v) is 12.0. The van der Waals surface area contributed by atoms with Crippen molar-refractivity contribution in [3.63, 3.8) is 0 Å². The molecule has 1 unspecified atom stereocenters.